The molecule has 7 heteroatoms. The number of methoxy groups -OCH3 is 1. The molecule has 0 saturated carbocycles. The molecule has 94 valence electrons. The Labute approximate surface area is 103 Å². The number of ether oxygens (including phenoxy) is 1. The van der Waals surface area contributed by atoms with Gasteiger partial charge in [-0.3, -0.25) is 9.59 Å². The molecule has 2 amide bonds. The van der Waals surface area contributed by atoms with E-state index in [1.807, 2.05) is 0 Å². The van der Waals surface area contributed by atoms with Crippen LogP contribution in [0.3, 0.4) is 0 Å². The van der Waals surface area contributed by atoms with Crippen molar-refractivity contribution in [3.8, 4) is 0 Å². The van der Waals surface area contributed by atoms with E-state index >= 15 is 0 Å². The van der Waals surface area contributed by atoms with E-state index in [4.69, 9.17) is 10.5 Å². The fourth-order valence-electron chi connectivity index (χ4n) is 1.15. The van der Waals surface area contributed by atoms with Gasteiger partial charge in [-0.25, -0.2) is 4.98 Å². The molecule has 0 spiro atoms. The summed E-state index contributed by atoms with van der Waals surface area (Å²) in [7, 11) is 1.53. The van der Waals surface area contributed by atoms with E-state index in [9.17, 15) is 9.59 Å². The maximum Gasteiger partial charge on any atom is 0.277 e. The van der Waals surface area contributed by atoms with E-state index < -0.39 is 11.3 Å². The van der Waals surface area contributed by atoms with Crippen LogP contribution >= 0.6 is 11.3 Å². The number of rotatable bonds is 5. The van der Waals surface area contributed by atoms with Crippen molar-refractivity contribution in [1.29, 1.82) is 0 Å². The summed E-state index contributed by atoms with van der Waals surface area (Å²) in [6.07, 6.45) is 1.41. The molecule has 0 bridgehead atoms. The number of aromatic nitrogens is 1. The molecule has 0 saturated heterocycles. The Hall–Kier alpha value is -1.47. The van der Waals surface area contributed by atoms with Gasteiger partial charge in [0.05, 0.1) is 18.2 Å². The number of nitrogens with one attached hydrogen (secondary N) is 1. The fourth-order valence-corrected chi connectivity index (χ4v) is 1.82. The molecule has 0 aliphatic heterocycles. The lowest BCUT2D eigenvalue weighted by Crippen LogP contribution is -2.34. The third-order valence-corrected chi connectivity index (χ3v) is 3.00. The first kappa shape index (κ1) is 13.6. The van der Waals surface area contributed by atoms with Gasteiger partial charge in [-0.2, -0.15) is 0 Å². The highest BCUT2D eigenvalue weighted by molar-refractivity contribution is 7.17. The third kappa shape index (κ3) is 3.50. The van der Waals surface area contributed by atoms with Crippen molar-refractivity contribution in [2.45, 2.75) is 13.8 Å². The van der Waals surface area contributed by atoms with Crippen molar-refractivity contribution in [3.63, 3.8) is 0 Å². The standard InChI is InChI=1S/C10H15N3O3S/c1-10(2,5-16-3)9(15)13-6-4-12-8(17-6)7(11)14/h4H,5H2,1-3H3,(H2,11,14)(H,13,15). The minimum atomic E-state index is -0.647. The molecule has 1 aromatic heterocycles. The lowest BCUT2D eigenvalue weighted by atomic mass is 9.94. The molecule has 0 aliphatic rings. The van der Waals surface area contributed by atoms with E-state index in [1.54, 1.807) is 13.8 Å². The summed E-state index contributed by atoms with van der Waals surface area (Å²) in [4.78, 5) is 26.5. The van der Waals surface area contributed by atoms with E-state index in [1.165, 1.54) is 13.3 Å². The lowest BCUT2D eigenvalue weighted by Gasteiger charge is -2.21. The summed E-state index contributed by atoms with van der Waals surface area (Å²) >= 11 is 1.05. The maximum absolute atomic E-state index is 11.9. The van der Waals surface area contributed by atoms with Gasteiger partial charge in [-0.15, -0.1) is 0 Å². The number of thiazole rings is 1. The van der Waals surface area contributed by atoms with Gasteiger partial charge >= 0.3 is 0 Å². The number of anilines is 1. The van der Waals surface area contributed by atoms with E-state index in [0.29, 0.717) is 11.6 Å². The summed E-state index contributed by atoms with van der Waals surface area (Å²) in [6.45, 7) is 3.84. The third-order valence-electron chi connectivity index (χ3n) is 2.07. The normalized spacial score (nSPS) is 11.2. The molecule has 0 aromatic carbocycles. The molecule has 1 aromatic rings. The smallest absolute Gasteiger partial charge is 0.277 e. The highest BCUT2D eigenvalue weighted by atomic mass is 32.1. The highest BCUT2D eigenvalue weighted by Crippen LogP contribution is 2.22. The molecular weight excluding hydrogens is 242 g/mol. The molecule has 0 fully saturated rings. The number of hydrogen-bond acceptors (Lipinski definition) is 5. The van der Waals surface area contributed by atoms with Gasteiger partial charge in [0, 0.05) is 7.11 Å². The van der Waals surface area contributed by atoms with Crippen LogP contribution in [-0.2, 0) is 9.53 Å². The van der Waals surface area contributed by atoms with Gasteiger partial charge < -0.3 is 15.8 Å². The van der Waals surface area contributed by atoms with Crippen molar-refractivity contribution in [2.75, 3.05) is 19.0 Å². The Bertz CT molecular complexity index is 428. The number of nitrogens with two attached hydrogens (primary N) is 1. The summed E-state index contributed by atoms with van der Waals surface area (Å²) < 4.78 is 4.96. The van der Waals surface area contributed by atoms with Crippen LogP contribution in [0, 0.1) is 5.41 Å². The number of carbonyl (C=O) groups is 2. The first-order chi connectivity index (χ1) is 7.86. The molecule has 6 nitrogen and oxygen atoms in total. The Balaban J connectivity index is 2.70. The van der Waals surface area contributed by atoms with Gasteiger partial charge in [0.1, 0.15) is 5.00 Å². The molecule has 1 rings (SSSR count). The number of primary amides is 1. The summed E-state index contributed by atoms with van der Waals surface area (Å²) in [5, 5.41) is 3.34. The number of nitrogens with zero attached hydrogens (tertiary/aromatic N) is 1. The Morgan fingerprint density at radius 1 is 1.59 bits per heavy atom. The van der Waals surface area contributed by atoms with Crippen LogP contribution in [0.1, 0.15) is 23.6 Å². The molecule has 0 radical (unpaired) electrons. The Morgan fingerprint density at radius 3 is 2.71 bits per heavy atom. The SMILES string of the molecule is COCC(C)(C)C(=O)Nc1cnc(C(N)=O)s1. The van der Waals surface area contributed by atoms with Crippen LogP contribution in [0.4, 0.5) is 5.00 Å². The van der Waals surface area contributed by atoms with E-state index in [-0.39, 0.29) is 10.9 Å². The average molecular weight is 257 g/mol. The van der Waals surface area contributed by atoms with Gasteiger partial charge in [-0.05, 0) is 13.8 Å². The lowest BCUT2D eigenvalue weighted by molar-refractivity contribution is -0.126. The molecule has 1 heterocycles. The molecular formula is C10H15N3O3S. The van der Waals surface area contributed by atoms with E-state index in [0.717, 1.165) is 11.3 Å². The van der Waals surface area contributed by atoms with Crippen molar-refractivity contribution in [3.05, 3.63) is 11.2 Å². The number of carbonyl (C=O) groups excluding carboxylic acids is 2. The molecule has 0 atom stereocenters. The van der Waals surface area contributed by atoms with Gasteiger partial charge in [0.15, 0.2) is 5.01 Å². The molecule has 0 aliphatic carbocycles. The van der Waals surface area contributed by atoms with Gasteiger partial charge in [0.25, 0.3) is 5.91 Å². The summed E-state index contributed by atoms with van der Waals surface area (Å²) in [6, 6.07) is 0. The maximum atomic E-state index is 11.9. The van der Waals surface area contributed by atoms with Crippen LogP contribution < -0.4 is 11.1 Å². The summed E-state index contributed by atoms with van der Waals surface area (Å²) in [5.74, 6) is -0.800. The second-order valence-electron chi connectivity index (χ2n) is 4.16. The predicted molar refractivity (Wildman–Crippen MR) is 64.9 cm³/mol. The first-order valence-corrected chi connectivity index (χ1v) is 5.74. The monoisotopic (exact) mass is 257 g/mol. The van der Waals surface area contributed by atoms with Gasteiger partial charge in [-0.1, -0.05) is 11.3 Å². The molecule has 0 unspecified atom stereocenters. The van der Waals surface area contributed by atoms with Crippen molar-refractivity contribution in [2.24, 2.45) is 11.1 Å². The zero-order chi connectivity index (χ0) is 13.1. The summed E-state index contributed by atoms with van der Waals surface area (Å²) in [5.41, 5.74) is 4.42. The zero-order valence-corrected chi connectivity index (χ0v) is 10.8. The zero-order valence-electron chi connectivity index (χ0n) is 9.94. The second-order valence-corrected chi connectivity index (χ2v) is 5.20. The molecule has 17 heavy (non-hydrogen) atoms. The minimum absolute atomic E-state index is 0.171. The van der Waals surface area contributed by atoms with Crippen LogP contribution in [0.15, 0.2) is 6.20 Å². The topological polar surface area (TPSA) is 94.3 Å². The second kappa shape index (κ2) is 5.24. The average Bonchev–Trinajstić information content (AvgIpc) is 2.66. The quantitative estimate of drug-likeness (QED) is 0.817. The van der Waals surface area contributed by atoms with Gasteiger partial charge in [0.2, 0.25) is 5.91 Å². The van der Waals surface area contributed by atoms with E-state index in [2.05, 4.69) is 10.3 Å². The van der Waals surface area contributed by atoms with Crippen LogP contribution in [-0.4, -0.2) is 30.5 Å². The fraction of sp³-hybridized carbons (Fsp3) is 0.500. The van der Waals surface area contributed by atoms with Crippen molar-refractivity contribution in [1.82, 2.24) is 4.98 Å². The van der Waals surface area contributed by atoms with Crippen LogP contribution in [0.2, 0.25) is 0 Å². The molecule has 3 N–H and O–H groups in total. The first-order valence-electron chi connectivity index (χ1n) is 4.93. The highest BCUT2D eigenvalue weighted by Gasteiger charge is 2.28. The van der Waals surface area contributed by atoms with Crippen LogP contribution in [0.25, 0.3) is 0 Å². The predicted octanol–water partition coefficient (Wildman–Crippen LogP) is 0.853. The van der Waals surface area contributed by atoms with Crippen molar-refractivity contribution >= 4 is 28.2 Å². The Morgan fingerprint density at radius 2 is 2.24 bits per heavy atom. The largest absolute Gasteiger partial charge is 0.384 e. The number of hydrogen-bond donors (Lipinski definition) is 2. The Kier molecular flexibility index (Phi) is 4.19. The minimum Gasteiger partial charge on any atom is -0.384 e. The van der Waals surface area contributed by atoms with Crippen molar-refractivity contribution < 1.29 is 14.3 Å². The van der Waals surface area contributed by atoms with Crippen LogP contribution in [0.5, 0.6) is 0 Å². The number of amides is 2.